The van der Waals surface area contributed by atoms with Gasteiger partial charge in [0.15, 0.2) is 0 Å². The van der Waals surface area contributed by atoms with Crippen LogP contribution >= 0.6 is 0 Å². The van der Waals surface area contributed by atoms with Gasteiger partial charge in [0.2, 0.25) is 5.91 Å². The lowest BCUT2D eigenvalue weighted by atomic mass is 9.79. The molecule has 178 valence electrons. The SMILES string of the molecule is Cc1cccc(CN2CC[C@H]3OCC[C@@H](C(=O)N4CCCO4)[C@@H]3C2)n1.O=C(O)C(F)(F)F. The van der Waals surface area contributed by atoms with E-state index in [-0.39, 0.29) is 23.8 Å². The van der Waals surface area contributed by atoms with Gasteiger partial charge in [-0.15, -0.1) is 0 Å². The number of amides is 1. The highest BCUT2D eigenvalue weighted by Crippen LogP contribution is 2.35. The van der Waals surface area contributed by atoms with Crippen molar-refractivity contribution in [2.45, 2.75) is 45.0 Å². The maximum atomic E-state index is 12.9. The second-order valence-electron chi connectivity index (χ2n) is 8.19. The van der Waals surface area contributed by atoms with Gasteiger partial charge >= 0.3 is 12.1 Å². The first-order valence-corrected chi connectivity index (χ1v) is 10.7. The van der Waals surface area contributed by atoms with Crippen molar-refractivity contribution in [1.82, 2.24) is 14.9 Å². The fourth-order valence-corrected chi connectivity index (χ4v) is 4.36. The van der Waals surface area contributed by atoms with Crippen molar-refractivity contribution in [3.05, 3.63) is 29.6 Å². The third-order valence-corrected chi connectivity index (χ3v) is 5.84. The Morgan fingerprint density at radius 3 is 2.59 bits per heavy atom. The summed E-state index contributed by atoms with van der Waals surface area (Å²) in [6.45, 7) is 6.83. The summed E-state index contributed by atoms with van der Waals surface area (Å²) >= 11 is 0. The van der Waals surface area contributed by atoms with E-state index in [1.807, 2.05) is 13.0 Å². The largest absolute Gasteiger partial charge is 0.490 e. The number of nitrogens with zero attached hydrogens (tertiary/aromatic N) is 3. The van der Waals surface area contributed by atoms with Crippen LogP contribution in [0.5, 0.6) is 0 Å². The number of aliphatic carboxylic acids is 1. The molecule has 3 atom stereocenters. The van der Waals surface area contributed by atoms with Crippen LogP contribution in [0.15, 0.2) is 18.2 Å². The average molecular weight is 459 g/mol. The van der Waals surface area contributed by atoms with Gasteiger partial charge in [-0.25, -0.2) is 9.86 Å². The quantitative estimate of drug-likeness (QED) is 0.742. The van der Waals surface area contributed by atoms with E-state index in [1.54, 1.807) is 5.06 Å². The van der Waals surface area contributed by atoms with Crippen molar-refractivity contribution >= 4 is 11.9 Å². The standard InChI is InChI=1S/C19H27N3O3.C2HF3O2/c1-14-4-2-5-15(20-14)12-21-9-6-18-17(13-21)16(7-11-24-18)19(23)22-8-3-10-25-22;3-2(4,5)1(6)7/h2,4-5,16-18H,3,6-13H2,1H3;(H,6,7)/t16-,17+,18-;/m1./s1. The number of carbonyl (C=O) groups excluding carboxylic acids is 1. The third kappa shape index (κ3) is 6.39. The molecule has 1 aromatic rings. The molecule has 3 saturated heterocycles. The Bertz CT molecular complexity index is 801. The molecular formula is C21H28F3N3O5. The van der Waals surface area contributed by atoms with Crippen LogP contribution in [0.2, 0.25) is 0 Å². The van der Waals surface area contributed by atoms with E-state index in [0.29, 0.717) is 13.2 Å². The van der Waals surface area contributed by atoms with Gasteiger partial charge in [0.1, 0.15) is 0 Å². The number of aromatic nitrogens is 1. The van der Waals surface area contributed by atoms with Crippen LogP contribution in [-0.4, -0.2) is 77.1 Å². The fourth-order valence-electron chi connectivity index (χ4n) is 4.36. The normalized spacial score (nSPS) is 26.1. The number of alkyl halides is 3. The number of halogens is 3. The van der Waals surface area contributed by atoms with Crippen molar-refractivity contribution in [2.24, 2.45) is 11.8 Å². The molecule has 1 aromatic heterocycles. The number of hydrogen-bond acceptors (Lipinski definition) is 6. The molecule has 1 amide bonds. The second kappa shape index (κ2) is 10.6. The summed E-state index contributed by atoms with van der Waals surface area (Å²) in [6.07, 6.45) is -2.15. The van der Waals surface area contributed by atoms with Gasteiger partial charge in [-0.05, 0) is 38.3 Å². The molecule has 3 fully saturated rings. The predicted molar refractivity (Wildman–Crippen MR) is 106 cm³/mol. The van der Waals surface area contributed by atoms with E-state index in [9.17, 15) is 18.0 Å². The maximum Gasteiger partial charge on any atom is 0.490 e. The van der Waals surface area contributed by atoms with Crippen molar-refractivity contribution in [3.8, 4) is 0 Å². The minimum atomic E-state index is -5.08. The lowest BCUT2D eigenvalue weighted by Crippen LogP contribution is -2.53. The number of likely N-dealkylation sites (tertiary alicyclic amines) is 1. The maximum absolute atomic E-state index is 12.9. The summed E-state index contributed by atoms with van der Waals surface area (Å²) in [7, 11) is 0. The minimum absolute atomic E-state index is 0.0186. The molecule has 1 N–H and O–H groups in total. The number of ether oxygens (including phenoxy) is 1. The fraction of sp³-hybridized carbons (Fsp3) is 0.667. The van der Waals surface area contributed by atoms with E-state index in [0.717, 1.165) is 56.8 Å². The minimum Gasteiger partial charge on any atom is -0.475 e. The molecule has 3 aliphatic heterocycles. The monoisotopic (exact) mass is 459 g/mol. The molecule has 11 heteroatoms. The highest BCUT2D eigenvalue weighted by atomic mass is 19.4. The topological polar surface area (TPSA) is 92.2 Å². The Morgan fingerprint density at radius 1 is 1.22 bits per heavy atom. The zero-order valence-corrected chi connectivity index (χ0v) is 17.9. The van der Waals surface area contributed by atoms with E-state index < -0.39 is 12.1 Å². The number of piperidine rings is 1. The smallest absolute Gasteiger partial charge is 0.475 e. The number of hydroxylamine groups is 2. The highest BCUT2D eigenvalue weighted by molar-refractivity contribution is 5.78. The van der Waals surface area contributed by atoms with Crippen LogP contribution in [0.4, 0.5) is 13.2 Å². The van der Waals surface area contributed by atoms with Crippen molar-refractivity contribution in [3.63, 3.8) is 0 Å². The predicted octanol–water partition coefficient (Wildman–Crippen LogP) is 2.41. The molecule has 0 unspecified atom stereocenters. The van der Waals surface area contributed by atoms with Crippen molar-refractivity contribution < 1.29 is 37.4 Å². The summed E-state index contributed by atoms with van der Waals surface area (Å²) in [5.74, 6) is -2.33. The third-order valence-electron chi connectivity index (χ3n) is 5.84. The van der Waals surface area contributed by atoms with Gasteiger partial charge in [-0.3, -0.25) is 19.5 Å². The summed E-state index contributed by atoms with van der Waals surface area (Å²) in [5.41, 5.74) is 2.15. The molecule has 0 aliphatic carbocycles. The van der Waals surface area contributed by atoms with Crippen LogP contribution in [-0.2, 0) is 25.7 Å². The number of carbonyl (C=O) groups is 2. The number of pyridine rings is 1. The van der Waals surface area contributed by atoms with Gasteiger partial charge in [0, 0.05) is 43.8 Å². The first-order valence-electron chi connectivity index (χ1n) is 10.7. The number of carboxylic acid groups (broad SMARTS) is 1. The van der Waals surface area contributed by atoms with Crippen LogP contribution in [0.25, 0.3) is 0 Å². The first kappa shape index (κ1) is 24.4. The zero-order chi connectivity index (χ0) is 23.3. The summed E-state index contributed by atoms with van der Waals surface area (Å²) in [4.78, 5) is 34.3. The van der Waals surface area contributed by atoms with Gasteiger partial charge < -0.3 is 9.84 Å². The van der Waals surface area contributed by atoms with Crippen molar-refractivity contribution in [1.29, 1.82) is 0 Å². The van der Waals surface area contributed by atoms with Crippen molar-refractivity contribution in [2.75, 3.05) is 32.8 Å². The molecule has 0 saturated carbocycles. The number of aryl methyl sites for hydroxylation is 1. The van der Waals surface area contributed by atoms with Gasteiger partial charge in [0.05, 0.1) is 24.9 Å². The Balaban J connectivity index is 0.000000360. The molecule has 4 rings (SSSR count). The molecule has 8 nitrogen and oxygen atoms in total. The number of rotatable bonds is 3. The Hall–Kier alpha value is -2.24. The van der Waals surface area contributed by atoms with E-state index in [4.69, 9.17) is 19.5 Å². The van der Waals surface area contributed by atoms with E-state index in [1.165, 1.54) is 0 Å². The van der Waals surface area contributed by atoms with Crippen LogP contribution in [0.1, 0.15) is 30.7 Å². The Kier molecular flexibility index (Phi) is 8.07. The van der Waals surface area contributed by atoms with Crippen LogP contribution < -0.4 is 0 Å². The number of hydrogen-bond donors (Lipinski definition) is 1. The summed E-state index contributed by atoms with van der Waals surface area (Å²) in [5, 5.41) is 8.72. The zero-order valence-electron chi connectivity index (χ0n) is 17.9. The molecule has 32 heavy (non-hydrogen) atoms. The molecule has 0 spiro atoms. The number of carboxylic acids is 1. The molecule has 0 radical (unpaired) electrons. The Morgan fingerprint density at radius 2 is 1.97 bits per heavy atom. The van der Waals surface area contributed by atoms with Crippen LogP contribution in [0.3, 0.4) is 0 Å². The Labute approximate surface area is 184 Å². The second-order valence-corrected chi connectivity index (χ2v) is 8.19. The van der Waals surface area contributed by atoms with Crippen LogP contribution in [0, 0.1) is 18.8 Å². The molecule has 4 heterocycles. The average Bonchev–Trinajstić information content (AvgIpc) is 3.27. The summed E-state index contributed by atoms with van der Waals surface area (Å²) < 4.78 is 37.7. The lowest BCUT2D eigenvalue weighted by Gasteiger charge is -2.45. The van der Waals surface area contributed by atoms with E-state index >= 15 is 0 Å². The first-order chi connectivity index (χ1) is 15.1. The van der Waals surface area contributed by atoms with Gasteiger partial charge in [-0.1, -0.05) is 6.07 Å². The molecule has 0 bridgehead atoms. The van der Waals surface area contributed by atoms with E-state index in [2.05, 4.69) is 22.0 Å². The highest BCUT2D eigenvalue weighted by Gasteiger charge is 2.43. The lowest BCUT2D eigenvalue weighted by molar-refractivity contribution is -0.192. The molecule has 0 aromatic carbocycles. The number of fused-ring (bicyclic) bond motifs is 1. The molecular weight excluding hydrogens is 431 g/mol. The van der Waals surface area contributed by atoms with Gasteiger partial charge in [-0.2, -0.15) is 13.2 Å². The molecule has 3 aliphatic rings. The summed E-state index contributed by atoms with van der Waals surface area (Å²) in [6, 6.07) is 6.16. The van der Waals surface area contributed by atoms with Gasteiger partial charge in [0.25, 0.3) is 0 Å².